The SMILES string of the molecule is COC(=O)CC(NC(=O)OC(C)(C)C)SCc1ccc(-c2ccccc2)c(CN2CCCc3ccc(C(F)(F)F)cc32)c1. The molecule has 1 amide bonds. The minimum Gasteiger partial charge on any atom is -0.469 e. The summed E-state index contributed by atoms with van der Waals surface area (Å²) in [5, 5.41) is 2.17. The summed E-state index contributed by atoms with van der Waals surface area (Å²) in [6.07, 6.45) is -3.51. The smallest absolute Gasteiger partial charge is 0.416 e. The zero-order valence-electron chi connectivity index (χ0n) is 24.8. The zero-order valence-corrected chi connectivity index (χ0v) is 25.6. The number of amides is 1. The average molecular weight is 615 g/mol. The van der Waals surface area contributed by atoms with Gasteiger partial charge >= 0.3 is 18.2 Å². The van der Waals surface area contributed by atoms with Gasteiger partial charge in [0.15, 0.2) is 0 Å². The number of nitrogens with one attached hydrogen (secondary N) is 1. The number of esters is 1. The van der Waals surface area contributed by atoms with Crippen LogP contribution < -0.4 is 10.2 Å². The molecule has 0 bridgehead atoms. The minimum absolute atomic E-state index is 0.0402. The first kappa shape index (κ1) is 32.3. The second kappa shape index (κ2) is 13.8. The van der Waals surface area contributed by atoms with E-state index in [0.717, 1.165) is 46.7 Å². The lowest BCUT2D eigenvalue weighted by molar-refractivity contribution is -0.140. The van der Waals surface area contributed by atoms with Gasteiger partial charge in [-0.3, -0.25) is 4.79 Å². The number of methoxy groups -OCH3 is 1. The number of fused-ring (bicyclic) bond motifs is 1. The highest BCUT2D eigenvalue weighted by Gasteiger charge is 2.32. The number of thioether (sulfide) groups is 1. The monoisotopic (exact) mass is 614 g/mol. The summed E-state index contributed by atoms with van der Waals surface area (Å²) in [5.74, 6) is 0.00426. The molecule has 1 unspecified atom stereocenters. The molecule has 3 aromatic rings. The standard InChI is InChI=1S/C33H37F3N2O4S/c1-32(2,3)42-31(40)37-29(19-30(39)41-4)43-21-22-12-15-27(23-9-6-5-7-10-23)25(17-22)20-38-16-8-11-24-13-14-26(18-28(24)38)33(34,35)36/h5-7,9-10,12-15,17-18,29H,8,11,16,19-21H2,1-4H3,(H,37,40). The number of aryl methyl sites for hydroxylation is 1. The number of benzene rings is 3. The van der Waals surface area contributed by atoms with Crippen LogP contribution in [0.25, 0.3) is 11.1 Å². The summed E-state index contributed by atoms with van der Waals surface area (Å²) in [6, 6.07) is 19.9. The van der Waals surface area contributed by atoms with Crippen molar-refractivity contribution in [2.45, 2.75) is 69.5 Å². The summed E-state index contributed by atoms with van der Waals surface area (Å²) in [6.45, 7) is 6.35. The number of halogens is 3. The lowest BCUT2D eigenvalue weighted by Gasteiger charge is -2.33. The van der Waals surface area contributed by atoms with Gasteiger partial charge in [0.1, 0.15) is 5.60 Å². The van der Waals surface area contributed by atoms with Gasteiger partial charge in [-0.2, -0.15) is 13.2 Å². The maximum absolute atomic E-state index is 13.6. The quantitative estimate of drug-likeness (QED) is 0.195. The predicted octanol–water partition coefficient (Wildman–Crippen LogP) is 7.97. The van der Waals surface area contributed by atoms with E-state index in [-0.39, 0.29) is 6.42 Å². The fourth-order valence-corrected chi connectivity index (χ4v) is 5.99. The molecule has 1 atom stereocenters. The van der Waals surface area contributed by atoms with Crippen LogP contribution in [0.1, 0.15) is 55.9 Å². The van der Waals surface area contributed by atoms with E-state index in [4.69, 9.17) is 9.47 Å². The Bertz CT molecular complexity index is 1420. The van der Waals surface area contributed by atoms with Gasteiger partial charge in [-0.15, -0.1) is 11.8 Å². The van der Waals surface area contributed by atoms with Gasteiger partial charge in [-0.05, 0) is 73.6 Å². The second-order valence-corrected chi connectivity index (χ2v) is 12.6. The van der Waals surface area contributed by atoms with E-state index in [9.17, 15) is 22.8 Å². The molecule has 1 aliphatic rings. The van der Waals surface area contributed by atoms with E-state index < -0.39 is 34.8 Å². The topological polar surface area (TPSA) is 67.9 Å². The summed E-state index contributed by atoms with van der Waals surface area (Å²) in [5.41, 5.74) is 4.09. The Morgan fingerprint density at radius 3 is 2.44 bits per heavy atom. The zero-order chi connectivity index (χ0) is 31.2. The van der Waals surface area contributed by atoms with Crippen molar-refractivity contribution in [1.29, 1.82) is 0 Å². The van der Waals surface area contributed by atoms with Gasteiger partial charge in [-0.25, -0.2) is 4.79 Å². The third kappa shape index (κ3) is 9.16. The molecular weight excluding hydrogens is 577 g/mol. The van der Waals surface area contributed by atoms with Crippen LogP contribution in [0.2, 0.25) is 0 Å². The van der Waals surface area contributed by atoms with Crippen LogP contribution in [-0.4, -0.2) is 36.7 Å². The second-order valence-electron chi connectivity index (χ2n) is 11.5. The summed E-state index contributed by atoms with van der Waals surface area (Å²) < 4.78 is 50.9. The van der Waals surface area contributed by atoms with E-state index in [0.29, 0.717) is 24.5 Å². The van der Waals surface area contributed by atoms with Crippen molar-refractivity contribution in [2.24, 2.45) is 0 Å². The largest absolute Gasteiger partial charge is 0.469 e. The Balaban J connectivity index is 1.61. The van der Waals surface area contributed by atoms with Crippen molar-refractivity contribution in [3.63, 3.8) is 0 Å². The molecule has 3 aromatic carbocycles. The van der Waals surface area contributed by atoms with Crippen LogP contribution in [-0.2, 0) is 39.2 Å². The van der Waals surface area contributed by atoms with Crippen molar-refractivity contribution < 1.29 is 32.2 Å². The average Bonchev–Trinajstić information content (AvgIpc) is 2.95. The molecule has 0 radical (unpaired) electrons. The van der Waals surface area contributed by atoms with Crippen molar-refractivity contribution in [2.75, 3.05) is 18.6 Å². The highest BCUT2D eigenvalue weighted by molar-refractivity contribution is 7.99. The van der Waals surface area contributed by atoms with Crippen molar-refractivity contribution in [3.05, 3.63) is 89.0 Å². The molecular formula is C33H37F3N2O4S. The molecule has 1 heterocycles. The van der Waals surface area contributed by atoms with Crippen LogP contribution >= 0.6 is 11.8 Å². The summed E-state index contributed by atoms with van der Waals surface area (Å²) in [4.78, 5) is 26.5. The molecule has 230 valence electrons. The minimum atomic E-state index is -4.42. The summed E-state index contributed by atoms with van der Waals surface area (Å²) >= 11 is 1.37. The number of hydrogen-bond donors (Lipinski definition) is 1. The van der Waals surface area contributed by atoms with E-state index in [1.54, 1.807) is 26.8 Å². The molecule has 10 heteroatoms. The number of anilines is 1. The van der Waals surface area contributed by atoms with Crippen LogP contribution in [0.5, 0.6) is 0 Å². The third-order valence-corrected chi connectivity index (χ3v) is 8.14. The molecule has 0 fully saturated rings. The fourth-order valence-electron chi connectivity index (χ4n) is 4.99. The van der Waals surface area contributed by atoms with E-state index >= 15 is 0 Å². The molecule has 4 rings (SSSR count). The van der Waals surface area contributed by atoms with Gasteiger partial charge in [0, 0.05) is 24.5 Å². The number of carbonyl (C=O) groups is 2. The molecule has 0 saturated heterocycles. The van der Waals surface area contributed by atoms with Gasteiger partial charge < -0.3 is 19.7 Å². The maximum Gasteiger partial charge on any atom is 0.416 e. The van der Waals surface area contributed by atoms with Gasteiger partial charge in [0.05, 0.1) is 24.5 Å². The molecule has 0 spiro atoms. The first-order chi connectivity index (χ1) is 20.3. The van der Waals surface area contributed by atoms with E-state index in [1.165, 1.54) is 24.9 Å². The lowest BCUT2D eigenvalue weighted by atomic mass is 9.95. The lowest BCUT2D eigenvalue weighted by Crippen LogP contribution is -2.38. The molecule has 6 nitrogen and oxygen atoms in total. The number of ether oxygens (including phenoxy) is 2. The van der Waals surface area contributed by atoms with E-state index in [2.05, 4.69) is 11.4 Å². The Morgan fingerprint density at radius 1 is 1.02 bits per heavy atom. The first-order valence-electron chi connectivity index (χ1n) is 14.1. The van der Waals surface area contributed by atoms with Gasteiger partial charge in [-0.1, -0.05) is 54.6 Å². The van der Waals surface area contributed by atoms with Crippen LogP contribution in [0.15, 0.2) is 66.7 Å². The first-order valence-corrected chi connectivity index (χ1v) is 15.2. The fraction of sp³-hybridized carbons (Fsp3) is 0.394. The van der Waals surface area contributed by atoms with E-state index in [1.807, 2.05) is 47.4 Å². The Kier molecular flexibility index (Phi) is 10.3. The van der Waals surface area contributed by atoms with Gasteiger partial charge in [0.25, 0.3) is 0 Å². The molecule has 1 aliphatic heterocycles. The van der Waals surface area contributed by atoms with Crippen molar-refractivity contribution >= 4 is 29.5 Å². The number of nitrogens with zero attached hydrogens (tertiary/aromatic N) is 1. The number of carbonyl (C=O) groups excluding carboxylic acids is 2. The van der Waals surface area contributed by atoms with Crippen molar-refractivity contribution in [3.8, 4) is 11.1 Å². The predicted molar refractivity (Wildman–Crippen MR) is 164 cm³/mol. The molecule has 43 heavy (non-hydrogen) atoms. The summed E-state index contributed by atoms with van der Waals surface area (Å²) in [7, 11) is 1.29. The number of rotatable bonds is 9. The van der Waals surface area contributed by atoms with Crippen LogP contribution in [0.4, 0.5) is 23.7 Å². The van der Waals surface area contributed by atoms with Crippen molar-refractivity contribution in [1.82, 2.24) is 5.32 Å². The third-order valence-electron chi connectivity index (χ3n) is 6.95. The molecule has 0 saturated carbocycles. The highest BCUT2D eigenvalue weighted by Crippen LogP contribution is 2.37. The maximum atomic E-state index is 13.6. The molecule has 0 aliphatic carbocycles. The number of alkyl halides is 3. The Labute approximate surface area is 254 Å². The highest BCUT2D eigenvalue weighted by atomic mass is 32.2. The van der Waals surface area contributed by atoms with Gasteiger partial charge in [0.2, 0.25) is 0 Å². The number of hydrogen-bond acceptors (Lipinski definition) is 6. The molecule has 0 aromatic heterocycles. The Hall–Kier alpha value is -3.66. The number of alkyl carbamates (subject to hydrolysis) is 1. The van der Waals surface area contributed by atoms with Crippen LogP contribution in [0.3, 0.4) is 0 Å². The normalized spacial score (nSPS) is 14.1. The molecule has 1 N–H and O–H groups in total. The van der Waals surface area contributed by atoms with Crippen LogP contribution in [0, 0.1) is 0 Å². The Morgan fingerprint density at radius 2 is 1.77 bits per heavy atom.